The van der Waals surface area contributed by atoms with E-state index >= 15 is 0 Å². The molecule has 0 aromatic rings. The fraction of sp³-hybridized carbons (Fsp3) is 0.917. The minimum absolute atomic E-state index is 0.193. The van der Waals surface area contributed by atoms with E-state index < -0.39 is 5.54 Å². The van der Waals surface area contributed by atoms with Gasteiger partial charge in [-0.25, -0.2) is 0 Å². The number of methoxy groups -OCH3 is 1. The van der Waals surface area contributed by atoms with Crippen molar-refractivity contribution >= 4 is 5.97 Å². The molecule has 1 fully saturated rings. The Balaban J connectivity index is 2.66. The Bertz CT molecular complexity index is 257. The van der Waals surface area contributed by atoms with E-state index in [0.717, 1.165) is 6.54 Å². The van der Waals surface area contributed by atoms with Crippen LogP contribution in [0.4, 0.5) is 0 Å². The van der Waals surface area contributed by atoms with Gasteiger partial charge >= 0.3 is 5.97 Å². The highest BCUT2D eigenvalue weighted by Gasteiger charge is 2.38. The normalized spacial score (nSPS) is 30.1. The third kappa shape index (κ3) is 2.74. The molecule has 0 bridgehead atoms. The van der Waals surface area contributed by atoms with Gasteiger partial charge in [0.2, 0.25) is 0 Å². The minimum Gasteiger partial charge on any atom is -0.468 e. The van der Waals surface area contributed by atoms with Gasteiger partial charge in [0, 0.05) is 19.1 Å². The Kier molecular flexibility index (Phi) is 4.33. The molecule has 0 saturated carbocycles. The van der Waals surface area contributed by atoms with E-state index in [1.807, 2.05) is 6.92 Å². The molecule has 1 aliphatic rings. The van der Waals surface area contributed by atoms with E-state index in [2.05, 4.69) is 24.1 Å². The number of hydrogen-bond acceptors (Lipinski definition) is 4. The van der Waals surface area contributed by atoms with Gasteiger partial charge in [-0.15, -0.1) is 0 Å². The van der Waals surface area contributed by atoms with Gasteiger partial charge in [0.15, 0.2) is 0 Å². The summed E-state index contributed by atoms with van der Waals surface area (Å²) >= 11 is 0. The zero-order valence-corrected chi connectivity index (χ0v) is 11.0. The average Bonchev–Trinajstić information content (AvgIpc) is 2.55. The highest BCUT2D eigenvalue weighted by Crippen LogP contribution is 2.24. The van der Waals surface area contributed by atoms with Crippen LogP contribution < -0.4 is 5.32 Å². The van der Waals surface area contributed by atoms with Gasteiger partial charge < -0.3 is 10.1 Å². The summed E-state index contributed by atoms with van der Waals surface area (Å²) in [5.74, 6) is 0.524. The number of nitrogens with one attached hydrogen (secondary N) is 1. The topological polar surface area (TPSA) is 41.6 Å². The summed E-state index contributed by atoms with van der Waals surface area (Å²) < 4.78 is 4.85. The molecule has 0 spiro atoms. The highest BCUT2D eigenvalue weighted by molar-refractivity contribution is 5.80. The number of carbonyl (C=O) groups is 1. The number of likely N-dealkylation sites (tertiary alicyclic amines) is 1. The second-order valence-electron chi connectivity index (χ2n) is 5.19. The molecule has 0 amide bonds. The number of nitrogens with zero attached hydrogens (tertiary/aromatic N) is 1. The van der Waals surface area contributed by atoms with E-state index in [9.17, 15) is 4.79 Å². The predicted octanol–water partition coefficient (Wildman–Crippen LogP) is 0.868. The molecular weight excluding hydrogens is 204 g/mol. The molecule has 3 atom stereocenters. The highest BCUT2D eigenvalue weighted by atomic mass is 16.5. The van der Waals surface area contributed by atoms with Crippen molar-refractivity contribution in [2.24, 2.45) is 5.92 Å². The van der Waals surface area contributed by atoms with Gasteiger partial charge in [0.1, 0.15) is 5.54 Å². The van der Waals surface area contributed by atoms with Gasteiger partial charge in [-0.2, -0.15) is 0 Å². The van der Waals surface area contributed by atoms with Crippen molar-refractivity contribution in [1.82, 2.24) is 10.2 Å². The standard InChI is InChI=1S/C12H24N2O2/c1-9-6-10(2)14(7-9)8-12(3,13-4)11(15)16-5/h9-10,13H,6-8H2,1-5H3. The summed E-state index contributed by atoms with van der Waals surface area (Å²) in [5.41, 5.74) is -0.604. The van der Waals surface area contributed by atoms with Crippen molar-refractivity contribution in [3.05, 3.63) is 0 Å². The van der Waals surface area contributed by atoms with Crippen molar-refractivity contribution in [3.63, 3.8) is 0 Å². The van der Waals surface area contributed by atoms with Gasteiger partial charge in [-0.3, -0.25) is 9.69 Å². The monoisotopic (exact) mass is 228 g/mol. The Hall–Kier alpha value is -0.610. The molecule has 4 nitrogen and oxygen atoms in total. The predicted molar refractivity (Wildman–Crippen MR) is 64.3 cm³/mol. The van der Waals surface area contributed by atoms with Gasteiger partial charge in [0.05, 0.1) is 7.11 Å². The van der Waals surface area contributed by atoms with E-state index in [1.54, 1.807) is 7.05 Å². The summed E-state index contributed by atoms with van der Waals surface area (Å²) in [4.78, 5) is 14.1. The number of rotatable bonds is 4. The molecule has 1 saturated heterocycles. The molecule has 3 unspecified atom stereocenters. The number of esters is 1. The zero-order chi connectivity index (χ0) is 12.3. The molecule has 0 aliphatic carbocycles. The number of hydrogen-bond donors (Lipinski definition) is 1. The summed E-state index contributed by atoms with van der Waals surface area (Å²) in [6.07, 6.45) is 1.21. The van der Waals surface area contributed by atoms with Crippen molar-refractivity contribution < 1.29 is 9.53 Å². The van der Waals surface area contributed by atoms with Crippen LogP contribution in [0.2, 0.25) is 0 Å². The Labute approximate surface area is 98.3 Å². The van der Waals surface area contributed by atoms with Crippen LogP contribution in [0.25, 0.3) is 0 Å². The second kappa shape index (κ2) is 5.15. The number of carbonyl (C=O) groups excluding carboxylic acids is 1. The largest absolute Gasteiger partial charge is 0.468 e. The van der Waals surface area contributed by atoms with Crippen molar-refractivity contribution in [3.8, 4) is 0 Å². The third-order valence-corrected chi connectivity index (χ3v) is 3.62. The Morgan fingerprint density at radius 2 is 2.19 bits per heavy atom. The van der Waals surface area contributed by atoms with Crippen LogP contribution >= 0.6 is 0 Å². The zero-order valence-electron chi connectivity index (χ0n) is 11.0. The first-order chi connectivity index (χ1) is 7.42. The van der Waals surface area contributed by atoms with E-state index in [1.165, 1.54) is 13.5 Å². The fourth-order valence-electron chi connectivity index (χ4n) is 2.48. The lowest BCUT2D eigenvalue weighted by molar-refractivity contribution is -0.148. The third-order valence-electron chi connectivity index (χ3n) is 3.62. The molecular formula is C12H24N2O2. The van der Waals surface area contributed by atoms with Crippen LogP contribution in [0.1, 0.15) is 27.2 Å². The molecule has 94 valence electrons. The molecule has 0 aromatic heterocycles. The van der Waals surface area contributed by atoms with Gasteiger partial charge in [0.25, 0.3) is 0 Å². The Morgan fingerprint density at radius 1 is 1.56 bits per heavy atom. The van der Waals surface area contributed by atoms with Crippen LogP contribution in [0.15, 0.2) is 0 Å². The maximum Gasteiger partial charge on any atom is 0.327 e. The average molecular weight is 228 g/mol. The quantitative estimate of drug-likeness (QED) is 0.725. The molecule has 16 heavy (non-hydrogen) atoms. The molecule has 1 rings (SSSR count). The van der Waals surface area contributed by atoms with Crippen LogP contribution in [0.5, 0.6) is 0 Å². The van der Waals surface area contributed by atoms with E-state index in [4.69, 9.17) is 4.74 Å². The lowest BCUT2D eigenvalue weighted by Crippen LogP contribution is -2.56. The lowest BCUT2D eigenvalue weighted by atomic mass is 10.0. The fourth-order valence-corrected chi connectivity index (χ4v) is 2.48. The van der Waals surface area contributed by atoms with Crippen molar-refractivity contribution in [2.45, 2.75) is 38.8 Å². The summed E-state index contributed by atoms with van der Waals surface area (Å²) in [6.45, 7) is 8.15. The van der Waals surface area contributed by atoms with E-state index in [-0.39, 0.29) is 5.97 Å². The maximum absolute atomic E-state index is 11.7. The van der Waals surface area contributed by atoms with Crippen molar-refractivity contribution in [1.29, 1.82) is 0 Å². The first kappa shape index (κ1) is 13.5. The van der Waals surface area contributed by atoms with Crippen LogP contribution in [0, 0.1) is 5.92 Å². The second-order valence-corrected chi connectivity index (χ2v) is 5.19. The van der Waals surface area contributed by atoms with Crippen LogP contribution in [0.3, 0.4) is 0 Å². The van der Waals surface area contributed by atoms with Crippen molar-refractivity contribution in [2.75, 3.05) is 27.2 Å². The van der Waals surface area contributed by atoms with Gasteiger partial charge in [-0.05, 0) is 33.2 Å². The minimum atomic E-state index is -0.604. The smallest absolute Gasteiger partial charge is 0.327 e. The lowest BCUT2D eigenvalue weighted by Gasteiger charge is -2.33. The first-order valence-electron chi connectivity index (χ1n) is 5.94. The molecule has 4 heteroatoms. The number of ether oxygens (including phenoxy) is 1. The first-order valence-corrected chi connectivity index (χ1v) is 5.94. The SMILES string of the molecule is CNC(C)(CN1CC(C)CC1C)C(=O)OC. The van der Waals surface area contributed by atoms with Crippen LogP contribution in [-0.2, 0) is 9.53 Å². The maximum atomic E-state index is 11.7. The molecule has 1 aliphatic heterocycles. The summed E-state index contributed by atoms with van der Waals surface area (Å²) in [5, 5.41) is 3.08. The molecule has 1 heterocycles. The van der Waals surface area contributed by atoms with E-state index in [0.29, 0.717) is 18.5 Å². The number of likely N-dealkylation sites (N-methyl/N-ethyl adjacent to an activating group) is 1. The summed E-state index contributed by atoms with van der Waals surface area (Å²) in [7, 11) is 3.25. The molecule has 1 N–H and O–H groups in total. The molecule has 0 aromatic carbocycles. The Morgan fingerprint density at radius 3 is 2.56 bits per heavy atom. The summed E-state index contributed by atoms with van der Waals surface area (Å²) in [6, 6.07) is 0.548. The van der Waals surface area contributed by atoms with Crippen LogP contribution in [-0.4, -0.2) is 49.7 Å². The molecule has 0 radical (unpaired) electrons. The van der Waals surface area contributed by atoms with Gasteiger partial charge in [-0.1, -0.05) is 6.92 Å².